The van der Waals surface area contributed by atoms with Gasteiger partial charge in [0.15, 0.2) is 5.60 Å². The molecule has 2 N–H and O–H groups in total. The maximum absolute atomic E-state index is 13.3. The summed E-state index contributed by atoms with van der Waals surface area (Å²) in [6.07, 6.45) is 11.1. The topological polar surface area (TPSA) is 78.9 Å². The van der Waals surface area contributed by atoms with E-state index in [4.69, 9.17) is 4.74 Å². The van der Waals surface area contributed by atoms with Gasteiger partial charge in [-0.25, -0.2) is 4.79 Å². The van der Waals surface area contributed by atoms with Crippen molar-refractivity contribution in [3.05, 3.63) is 95.1 Å². The van der Waals surface area contributed by atoms with Crippen molar-refractivity contribution in [3.63, 3.8) is 0 Å². The number of carbonyl (C=O) groups is 2. The highest BCUT2D eigenvalue weighted by Crippen LogP contribution is 2.33. The quantitative estimate of drug-likeness (QED) is 0.207. The van der Waals surface area contributed by atoms with E-state index in [0.29, 0.717) is 5.75 Å². The lowest BCUT2D eigenvalue weighted by Crippen LogP contribution is -2.37. The van der Waals surface area contributed by atoms with Crippen molar-refractivity contribution in [2.45, 2.75) is 77.4 Å². The van der Waals surface area contributed by atoms with Gasteiger partial charge < -0.3 is 20.1 Å². The maximum Gasteiger partial charge on any atom is 0.347 e. The number of unbranched alkanes of at least 4 members (excludes halogenated alkanes) is 1. The van der Waals surface area contributed by atoms with Crippen LogP contribution in [0.4, 0.5) is 5.69 Å². The van der Waals surface area contributed by atoms with E-state index in [9.17, 15) is 14.7 Å². The van der Waals surface area contributed by atoms with Crippen molar-refractivity contribution >= 4 is 29.7 Å². The summed E-state index contributed by atoms with van der Waals surface area (Å²) < 4.78 is 5.60. The smallest absolute Gasteiger partial charge is 0.347 e. The normalized spacial score (nSPS) is 14.5. The van der Waals surface area contributed by atoms with Crippen LogP contribution in [0.3, 0.4) is 0 Å². The number of carbonyl (C=O) groups excluding carboxylic acids is 1. The highest BCUT2D eigenvalue weighted by Gasteiger charge is 2.29. The number of hydrogen-bond acceptors (Lipinski definition) is 4. The molecule has 222 valence electrons. The predicted molar refractivity (Wildman–Crippen MR) is 171 cm³/mol. The third-order valence-corrected chi connectivity index (χ3v) is 7.75. The molecule has 1 saturated heterocycles. The molecule has 0 saturated carbocycles. The van der Waals surface area contributed by atoms with Crippen LogP contribution in [0, 0.1) is 0 Å². The lowest BCUT2D eigenvalue weighted by atomic mass is 9.95. The molecule has 1 heterocycles. The first-order valence-corrected chi connectivity index (χ1v) is 15.2. The molecule has 0 aliphatic carbocycles. The van der Waals surface area contributed by atoms with E-state index in [0.717, 1.165) is 43.5 Å². The van der Waals surface area contributed by atoms with E-state index >= 15 is 0 Å². The summed E-state index contributed by atoms with van der Waals surface area (Å²) in [6, 6.07) is 24.0. The number of benzene rings is 3. The fourth-order valence-electron chi connectivity index (χ4n) is 5.28. The van der Waals surface area contributed by atoms with Crippen LogP contribution >= 0.6 is 0 Å². The minimum absolute atomic E-state index is 0.0340. The highest BCUT2D eigenvalue weighted by molar-refractivity contribution is 5.80. The first-order chi connectivity index (χ1) is 20.2. The molecular formula is C36H44N2O4. The van der Waals surface area contributed by atoms with Crippen LogP contribution in [0.2, 0.25) is 0 Å². The Balaban J connectivity index is 1.53. The van der Waals surface area contributed by atoms with E-state index in [1.54, 1.807) is 12.1 Å². The van der Waals surface area contributed by atoms with Gasteiger partial charge in [-0.2, -0.15) is 0 Å². The van der Waals surface area contributed by atoms with Gasteiger partial charge in [0.2, 0.25) is 5.91 Å². The Morgan fingerprint density at radius 2 is 1.64 bits per heavy atom. The van der Waals surface area contributed by atoms with Crippen molar-refractivity contribution in [1.29, 1.82) is 0 Å². The number of anilines is 1. The number of rotatable bonds is 13. The SMILES string of the molecule is CCCCC(NC(=O)Cc1ccc(OC(C)(C)C(=O)O)cc1)c1ccc(C=Cc2ccccc2)cc1N1CCCCC1. The summed E-state index contributed by atoms with van der Waals surface area (Å²) in [4.78, 5) is 27.2. The molecule has 1 aliphatic rings. The van der Waals surface area contributed by atoms with Crippen LogP contribution in [0.5, 0.6) is 5.75 Å². The summed E-state index contributed by atoms with van der Waals surface area (Å²) in [5, 5.41) is 12.7. The second-order valence-corrected chi connectivity index (χ2v) is 11.6. The Hall–Kier alpha value is -4.06. The number of hydrogen-bond donors (Lipinski definition) is 2. The number of piperidine rings is 1. The minimum atomic E-state index is -1.33. The molecular weight excluding hydrogens is 524 g/mol. The van der Waals surface area contributed by atoms with Crippen molar-refractivity contribution in [2.24, 2.45) is 0 Å². The molecule has 0 radical (unpaired) electrons. The van der Waals surface area contributed by atoms with Crippen molar-refractivity contribution in [3.8, 4) is 5.75 Å². The summed E-state index contributed by atoms with van der Waals surface area (Å²) in [7, 11) is 0. The molecule has 1 fully saturated rings. The second kappa shape index (κ2) is 14.7. The van der Waals surface area contributed by atoms with Gasteiger partial charge in [-0.05, 0) is 80.0 Å². The average Bonchev–Trinajstić information content (AvgIpc) is 3.00. The second-order valence-electron chi connectivity index (χ2n) is 11.6. The predicted octanol–water partition coefficient (Wildman–Crippen LogP) is 7.68. The number of ether oxygens (including phenoxy) is 1. The number of amides is 1. The van der Waals surface area contributed by atoms with Gasteiger partial charge in [0.05, 0.1) is 12.5 Å². The van der Waals surface area contributed by atoms with Crippen LogP contribution in [-0.2, 0) is 16.0 Å². The lowest BCUT2D eigenvalue weighted by Gasteiger charge is -2.33. The van der Waals surface area contributed by atoms with Crippen LogP contribution in [-0.4, -0.2) is 35.7 Å². The lowest BCUT2D eigenvalue weighted by molar-refractivity contribution is -0.152. The Morgan fingerprint density at radius 1 is 0.952 bits per heavy atom. The van der Waals surface area contributed by atoms with Crippen molar-refractivity contribution < 1.29 is 19.4 Å². The average molecular weight is 569 g/mol. The molecule has 0 aromatic heterocycles. The third-order valence-electron chi connectivity index (χ3n) is 7.75. The molecule has 6 nitrogen and oxygen atoms in total. The Kier molecular flexibility index (Phi) is 10.8. The number of aliphatic carboxylic acids is 1. The Morgan fingerprint density at radius 3 is 2.31 bits per heavy atom. The molecule has 1 unspecified atom stereocenters. The minimum Gasteiger partial charge on any atom is -0.478 e. The molecule has 0 spiro atoms. The van der Waals surface area contributed by atoms with Gasteiger partial charge in [0.1, 0.15) is 5.75 Å². The molecule has 1 aliphatic heterocycles. The first kappa shape index (κ1) is 30.9. The van der Waals surface area contributed by atoms with E-state index in [1.165, 1.54) is 49.9 Å². The summed E-state index contributed by atoms with van der Waals surface area (Å²) in [5.74, 6) is -0.610. The third kappa shape index (κ3) is 8.72. The Labute approximate surface area is 250 Å². The molecule has 4 rings (SSSR count). The number of nitrogens with one attached hydrogen (secondary N) is 1. The Bertz CT molecular complexity index is 1340. The van der Waals surface area contributed by atoms with Crippen molar-refractivity contribution in [1.82, 2.24) is 5.32 Å². The van der Waals surface area contributed by atoms with Gasteiger partial charge >= 0.3 is 5.97 Å². The molecule has 6 heteroatoms. The molecule has 1 atom stereocenters. The number of nitrogens with zero attached hydrogens (tertiary/aromatic N) is 1. The van der Waals surface area contributed by atoms with Crippen molar-refractivity contribution in [2.75, 3.05) is 18.0 Å². The van der Waals surface area contributed by atoms with E-state index in [2.05, 4.69) is 59.6 Å². The molecule has 0 bridgehead atoms. The molecule has 1 amide bonds. The van der Waals surface area contributed by atoms with Crippen LogP contribution < -0.4 is 15.0 Å². The zero-order valence-corrected chi connectivity index (χ0v) is 25.1. The monoisotopic (exact) mass is 568 g/mol. The first-order valence-electron chi connectivity index (χ1n) is 15.2. The van der Waals surface area contributed by atoms with Gasteiger partial charge in [-0.15, -0.1) is 0 Å². The van der Waals surface area contributed by atoms with E-state index in [1.807, 2.05) is 30.3 Å². The summed E-state index contributed by atoms with van der Waals surface area (Å²) in [5.41, 5.74) is 4.23. The van der Waals surface area contributed by atoms with E-state index in [-0.39, 0.29) is 18.4 Å². The molecule has 3 aromatic carbocycles. The van der Waals surface area contributed by atoms with Gasteiger partial charge in [0, 0.05) is 18.8 Å². The van der Waals surface area contributed by atoms with Gasteiger partial charge in [-0.1, -0.05) is 86.5 Å². The van der Waals surface area contributed by atoms with E-state index < -0.39 is 11.6 Å². The van der Waals surface area contributed by atoms with Crippen LogP contribution in [0.25, 0.3) is 12.2 Å². The zero-order valence-electron chi connectivity index (χ0n) is 25.1. The highest BCUT2D eigenvalue weighted by atomic mass is 16.5. The maximum atomic E-state index is 13.3. The number of carboxylic acid groups (broad SMARTS) is 1. The summed E-state index contributed by atoms with van der Waals surface area (Å²) >= 11 is 0. The fourth-order valence-corrected chi connectivity index (χ4v) is 5.28. The fraction of sp³-hybridized carbons (Fsp3) is 0.389. The van der Waals surface area contributed by atoms with Crippen LogP contribution in [0.1, 0.15) is 87.6 Å². The van der Waals surface area contributed by atoms with Gasteiger partial charge in [0.25, 0.3) is 0 Å². The molecule has 42 heavy (non-hydrogen) atoms. The zero-order chi connectivity index (χ0) is 30.0. The number of carboxylic acids is 1. The van der Waals surface area contributed by atoms with Gasteiger partial charge in [-0.3, -0.25) is 4.79 Å². The standard InChI is InChI=1S/C36H44N2O4/c1-4-5-14-32(37-34(39)26-29-17-20-30(21-18-29)42-36(2,3)35(40)41)31-22-19-28(16-15-27-12-8-6-9-13-27)25-33(31)38-23-10-7-11-24-38/h6,8-9,12-13,15-22,25,32H,4-5,7,10-11,14,23-24,26H2,1-3H3,(H,37,39)(H,40,41). The largest absolute Gasteiger partial charge is 0.478 e. The summed E-state index contributed by atoms with van der Waals surface area (Å²) in [6.45, 7) is 7.26. The molecule has 3 aromatic rings. The van der Waals surface area contributed by atoms with Crippen LogP contribution in [0.15, 0.2) is 72.8 Å².